The van der Waals surface area contributed by atoms with Gasteiger partial charge in [0.1, 0.15) is 5.75 Å². The monoisotopic (exact) mass is 277 g/mol. The summed E-state index contributed by atoms with van der Waals surface area (Å²) in [4.78, 5) is 13.3. The minimum absolute atomic E-state index is 0.215. The van der Waals surface area contributed by atoms with E-state index in [1.54, 1.807) is 0 Å². The molecule has 0 bridgehead atoms. The number of nitrogens with zero attached hydrogens (tertiary/aromatic N) is 1. The lowest BCUT2D eigenvalue weighted by Gasteiger charge is -2.16. The zero-order chi connectivity index (χ0) is 14.5. The number of hydrogen-bond donors (Lipinski definition) is 1. The quantitative estimate of drug-likeness (QED) is 0.868. The van der Waals surface area contributed by atoms with E-state index in [0.29, 0.717) is 6.54 Å². The highest BCUT2D eigenvalue weighted by atomic mass is 16.5. The predicted octanol–water partition coefficient (Wildman–Crippen LogP) is 2.63. The van der Waals surface area contributed by atoms with Crippen molar-refractivity contribution in [3.05, 3.63) is 29.8 Å². The summed E-state index contributed by atoms with van der Waals surface area (Å²) >= 11 is 0. The number of carboxylic acids is 1. The van der Waals surface area contributed by atoms with E-state index in [4.69, 9.17) is 9.84 Å². The summed E-state index contributed by atoms with van der Waals surface area (Å²) < 4.78 is 5.63. The van der Waals surface area contributed by atoms with Gasteiger partial charge >= 0.3 is 5.97 Å². The third-order valence-electron chi connectivity index (χ3n) is 3.78. The van der Waals surface area contributed by atoms with Crippen LogP contribution < -0.4 is 4.74 Å². The molecule has 0 amide bonds. The largest absolute Gasteiger partial charge is 0.494 e. The molecule has 1 aliphatic rings. The first-order valence-electron chi connectivity index (χ1n) is 7.27. The smallest absolute Gasteiger partial charge is 0.308 e. The molecular formula is C16H23NO3. The van der Waals surface area contributed by atoms with Crippen LogP contribution in [0, 0.1) is 11.8 Å². The predicted molar refractivity (Wildman–Crippen MR) is 77.8 cm³/mol. The first kappa shape index (κ1) is 14.9. The molecular weight excluding hydrogens is 254 g/mol. The van der Waals surface area contributed by atoms with Gasteiger partial charge in [-0.05, 0) is 30.0 Å². The zero-order valence-electron chi connectivity index (χ0n) is 12.2. The summed E-state index contributed by atoms with van der Waals surface area (Å²) in [6.45, 7) is 7.09. The topological polar surface area (TPSA) is 49.8 Å². The van der Waals surface area contributed by atoms with Crippen molar-refractivity contribution in [2.24, 2.45) is 11.8 Å². The van der Waals surface area contributed by atoms with Crippen LogP contribution in [-0.2, 0) is 11.3 Å². The fourth-order valence-corrected chi connectivity index (χ4v) is 2.73. The van der Waals surface area contributed by atoms with Gasteiger partial charge in [-0.1, -0.05) is 26.0 Å². The van der Waals surface area contributed by atoms with Gasteiger partial charge in [0.15, 0.2) is 0 Å². The first-order chi connectivity index (χ1) is 9.60. The molecule has 0 saturated carbocycles. The Hall–Kier alpha value is -1.55. The van der Waals surface area contributed by atoms with Crippen LogP contribution in [0.1, 0.15) is 25.8 Å². The van der Waals surface area contributed by atoms with Gasteiger partial charge in [-0.2, -0.15) is 0 Å². The molecule has 4 heteroatoms. The van der Waals surface area contributed by atoms with Crippen molar-refractivity contribution in [2.75, 3.05) is 19.7 Å². The molecule has 1 aromatic carbocycles. The lowest BCUT2D eigenvalue weighted by molar-refractivity contribution is -0.142. The van der Waals surface area contributed by atoms with E-state index in [9.17, 15) is 4.79 Å². The van der Waals surface area contributed by atoms with Crippen LogP contribution in [-0.4, -0.2) is 35.7 Å². The van der Waals surface area contributed by atoms with Gasteiger partial charge in [-0.15, -0.1) is 0 Å². The maximum Gasteiger partial charge on any atom is 0.308 e. The molecule has 0 unspecified atom stereocenters. The molecule has 0 radical (unpaired) electrons. The normalized spacial score (nSPS) is 22.9. The number of rotatable bonds is 6. The van der Waals surface area contributed by atoms with Crippen molar-refractivity contribution in [3.63, 3.8) is 0 Å². The number of carboxylic acid groups (broad SMARTS) is 1. The Morgan fingerprint density at radius 3 is 2.90 bits per heavy atom. The minimum Gasteiger partial charge on any atom is -0.494 e. The number of aliphatic carboxylic acids is 1. The molecule has 1 N–H and O–H groups in total. The van der Waals surface area contributed by atoms with Crippen LogP contribution in [0.2, 0.25) is 0 Å². The van der Waals surface area contributed by atoms with Gasteiger partial charge in [-0.25, -0.2) is 0 Å². The Morgan fingerprint density at radius 2 is 2.25 bits per heavy atom. The van der Waals surface area contributed by atoms with Gasteiger partial charge in [0.2, 0.25) is 0 Å². The summed E-state index contributed by atoms with van der Waals surface area (Å²) in [6.07, 6.45) is 0.994. The molecule has 2 rings (SSSR count). The number of ether oxygens (including phenoxy) is 1. The number of benzene rings is 1. The first-order valence-corrected chi connectivity index (χ1v) is 7.27. The van der Waals surface area contributed by atoms with Crippen molar-refractivity contribution in [1.29, 1.82) is 0 Å². The number of likely N-dealkylation sites (tertiary alicyclic amines) is 1. The van der Waals surface area contributed by atoms with E-state index >= 15 is 0 Å². The molecule has 4 nitrogen and oxygen atoms in total. The third-order valence-corrected chi connectivity index (χ3v) is 3.78. The average molecular weight is 277 g/mol. The molecule has 0 spiro atoms. The SMILES string of the molecule is CCCOc1cccc(CN2C[C@@H](C)[C@H](C(=O)O)C2)c1. The molecule has 1 fully saturated rings. The average Bonchev–Trinajstić information content (AvgIpc) is 2.78. The molecule has 0 aliphatic carbocycles. The lowest BCUT2D eigenvalue weighted by atomic mass is 9.99. The van der Waals surface area contributed by atoms with Crippen LogP contribution in [0.5, 0.6) is 5.75 Å². The summed E-state index contributed by atoms with van der Waals surface area (Å²) in [5, 5.41) is 9.16. The molecule has 1 heterocycles. The highest BCUT2D eigenvalue weighted by molar-refractivity contribution is 5.71. The summed E-state index contributed by atoms with van der Waals surface area (Å²) in [6, 6.07) is 8.08. The van der Waals surface area contributed by atoms with Gasteiger partial charge < -0.3 is 9.84 Å². The van der Waals surface area contributed by atoms with Gasteiger partial charge in [0.05, 0.1) is 12.5 Å². The van der Waals surface area contributed by atoms with Crippen molar-refractivity contribution in [2.45, 2.75) is 26.8 Å². The second-order valence-corrected chi connectivity index (χ2v) is 5.61. The molecule has 2 atom stereocenters. The van der Waals surface area contributed by atoms with Crippen LogP contribution >= 0.6 is 0 Å². The Bertz CT molecular complexity index is 461. The van der Waals surface area contributed by atoms with E-state index in [2.05, 4.69) is 24.0 Å². The Kier molecular flexibility index (Phi) is 5.01. The number of carbonyl (C=O) groups is 1. The lowest BCUT2D eigenvalue weighted by Crippen LogP contribution is -2.23. The summed E-state index contributed by atoms with van der Waals surface area (Å²) in [7, 11) is 0. The third kappa shape index (κ3) is 3.73. The molecule has 110 valence electrons. The second kappa shape index (κ2) is 6.75. The van der Waals surface area contributed by atoms with E-state index in [1.807, 2.05) is 19.1 Å². The zero-order valence-corrected chi connectivity index (χ0v) is 12.2. The van der Waals surface area contributed by atoms with E-state index in [1.165, 1.54) is 5.56 Å². The molecule has 1 aromatic rings. The van der Waals surface area contributed by atoms with Crippen molar-refractivity contribution in [1.82, 2.24) is 4.90 Å². The van der Waals surface area contributed by atoms with Crippen LogP contribution in [0.3, 0.4) is 0 Å². The van der Waals surface area contributed by atoms with E-state index in [0.717, 1.165) is 31.9 Å². The maximum absolute atomic E-state index is 11.1. The maximum atomic E-state index is 11.1. The van der Waals surface area contributed by atoms with Crippen LogP contribution in [0.25, 0.3) is 0 Å². The van der Waals surface area contributed by atoms with Crippen LogP contribution in [0.4, 0.5) is 0 Å². The van der Waals surface area contributed by atoms with E-state index < -0.39 is 5.97 Å². The Balaban J connectivity index is 1.95. The minimum atomic E-state index is -0.681. The fourth-order valence-electron chi connectivity index (χ4n) is 2.73. The van der Waals surface area contributed by atoms with Crippen molar-refractivity contribution in [3.8, 4) is 5.75 Å². The van der Waals surface area contributed by atoms with Crippen molar-refractivity contribution < 1.29 is 14.6 Å². The second-order valence-electron chi connectivity index (χ2n) is 5.61. The Morgan fingerprint density at radius 1 is 1.45 bits per heavy atom. The van der Waals surface area contributed by atoms with Crippen molar-refractivity contribution >= 4 is 5.97 Å². The summed E-state index contributed by atoms with van der Waals surface area (Å²) in [5.74, 6) is 0.188. The van der Waals surface area contributed by atoms with Gasteiger partial charge in [-0.3, -0.25) is 9.69 Å². The standard InChI is InChI=1S/C16H23NO3/c1-3-7-20-14-6-4-5-13(8-14)10-17-9-12(2)15(11-17)16(18)19/h4-6,8,12,15H,3,7,9-11H2,1-2H3,(H,18,19)/t12-,15-/m1/s1. The number of hydrogen-bond acceptors (Lipinski definition) is 3. The van der Waals surface area contributed by atoms with E-state index in [-0.39, 0.29) is 11.8 Å². The Labute approximate surface area is 120 Å². The molecule has 1 saturated heterocycles. The fraction of sp³-hybridized carbons (Fsp3) is 0.562. The molecule has 20 heavy (non-hydrogen) atoms. The van der Waals surface area contributed by atoms with Crippen LogP contribution in [0.15, 0.2) is 24.3 Å². The summed E-state index contributed by atoms with van der Waals surface area (Å²) in [5.41, 5.74) is 1.18. The highest BCUT2D eigenvalue weighted by Crippen LogP contribution is 2.25. The van der Waals surface area contributed by atoms with Gasteiger partial charge in [0, 0.05) is 19.6 Å². The molecule has 0 aromatic heterocycles. The highest BCUT2D eigenvalue weighted by Gasteiger charge is 2.34. The molecule has 1 aliphatic heterocycles. The van der Waals surface area contributed by atoms with Gasteiger partial charge in [0.25, 0.3) is 0 Å².